The Hall–Kier alpha value is -5.23. The second-order valence-electron chi connectivity index (χ2n) is 8.35. The lowest BCUT2D eigenvalue weighted by atomic mass is 9.97. The van der Waals surface area contributed by atoms with Crippen LogP contribution in [0.25, 0.3) is 22.1 Å². The largest absolute Gasteiger partial charge is 0.458 e. The Morgan fingerprint density at radius 1 is 1.08 bits per heavy atom. The Labute approximate surface area is 212 Å². The number of carbonyl (C=O) groups is 1. The number of nitrogens with two attached hydrogens (primary N) is 1. The van der Waals surface area contributed by atoms with Crippen LogP contribution in [0.1, 0.15) is 40.3 Å². The number of aromatic nitrogens is 4. The predicted molar refractivity (Wildman–Crippen MR) is 139 cm³/mol. The number of nitrogen functional groups attached to an aromatic ring is 1. The molecule has 1 atom stereocenters. The van der Waals surface area contributed by atoms with Crippen LogP contribution in [0, 0.1) is 11.8 Å². The van der Waals surface area contributed by atoms with Gasteiger partial charge in [-0.15, -0.1) is 0 Å². The van der Waals surface area contributed by atoms with Crippen LogP contribution < -0.4 is 16.5 Å². The van der Waals surface area contributed by atoms with Crippen molar-refractivity contribution in [3.05, 3.63) is 106 Å². The number of aryl methyl sites for hydroxylation is 1. The molecule has 0 aliphatic rings. The SMILES string of the molecule is CC(NC(=O)c1nccnc1N)c1oc2cccc(C#Cc3cnn(C)c3)c2c(=O)c1-c1ccccc1. The lowest BCUT2D eigenvalue weighted by Crippen LogP contribution is -2.29. The first kappa shape index (κ1) is 23.5. The van der Waals surface area contributed by atoms with Gasteiger partial charge in [-0.1, -0.05) is 48.2 Å². The molecule has 0 spiro atoms. The molecule has 3 N–H and O–H groups in total. The van der Waals surface area contributed by atoms with E-state index in [1.54, 1.807) is 42.2 Å². The van der Waals surface area contributed by atoms with Crippen molar-refractivity contribution in [1.82, 2.24) is 25.1 Å². The fourth-order valence-corrected chi connectivity index (χ4v) is 4.02. The van der Waals surface area contributed by atoms with Crippen LogP contribution in [0.5, 0.6) is 0 Å². The van der Waals surface area contributed by atoms with Gasteiger partial charge in [0, 0.05) is 31.2 Å². The van der Waals surface area contributed by atoms with E-state index in [0.29, 0.717) is 33.4 Å². The average Bonchev–Trinajstić information content (AvgIpc) is 3.32. The molecule has 37 heavy (non-hydrogen) atoms. The summed E-state index contributed by atoms with van der Waals surface area (Å²) in [5.41, 5.74) is 8.17. The maximum absolute atomic E-state index is 14.0. The molecule has 3 heterocycles. The fourth-order valence-electron chi connectivity index (χ4n) is 4.02. The zero-order valence-corrected chi connectivity index (χ0v) is 20.1. The summed E-state index contributed by atoms with van der Waals surface area (Å²) in [4.78, 5) is 34.8. The van der Waals surface area contributed by atoms with Gasteiger partial charge in [0.15, 0.2) is 11.5 Å². The number of hydrogen-bond donors (Lipinski definition) is 2. The highest BCUT2D eigenvalue weighted by atomic mass is 16.3. The molecule has 0 radical (unpaired) electrons. The fraction of sp³-hybridized carbons (Fsp3) is 0.107. The van der Waals surface area contributed by atoms with Crippen molar-refractivity contribution in [1.29, 1.82) is 0 Å². The molecule has 0 saturated carbocycles. The number of carbonyl (C=O) groups excluding carboxylic acids is 1. The number of fused-ring (bicyclic) bond motifs is 1. The third kappa shape index (κ3) is 4.68. The van der Waals surface area contributed by atoms with Gasteiger partial charge in [-0.3, -0.25) is 14.3 Å². The standard InChI is InChI=1S/C28H22N6O3/c1-17(33-28(36)24-27(29)31-14-13-30-24)26-23(19-7-4-3-5-8-19)25(35)22-20(9-6-10-21(22)37-26)12-11-18-15-32-34(2)16-18/h3-10,13-17H,1-2H3,(H2,29,31)(H,33,36). The number of benzene rings is 2. The van der Waals surface area contributed by atoms with Crippen LogP contribution >= 0.6 is 0 Å². The summed E-state index contributed by atoms with van der Waals surface area (Å²) in [6.45, 7) is 1.73. The first-order chi connectivity index (χ1) is 17.9. The van der Waals surface area contributed by atoms with E-state index in [-0.39, 0.29) is 16.9 Å². The second kappa shape index (κ2) is 9.79. The first-order valence-corrected chi connectivity index (χ1v) is 11.5. The van der Waals surface area contributed by atoms with E-state index in [9.17, 15) is 9.59 Å². The number of rotatable bonds is 4. The van der Waals surface area contributed by atoms with Crippen LogP contribution in [0.2, 0.25) is 0 Å². The molecule has 5 aromatic rings. The Morgan fingerprint density at radius 2 is 1.86 bits per heavy atom. The van der Waals surface area contributed by atoms with Crippen molar-refractivity contribution in [3.63, 3.8) is 0 Å². The zero-order valence-electron chi connectivity index (χ0n) is 20.1. The molecule has 182 valence electrons. The summed E-state index contributed by atoms with van der Waals surface area (Å²) in [5, 5.41) is 7.31. The van der Waals surface area contributed by atoms with Gasteiger partial charge in [0.25, 0.3) is 5.91 Å². The van der Waals surface area contributed by atoms with Gasteiger partial charge in [0.05, 0.1) is 28.8 Å². The summed E-state index contributed by atoms with van der Waals surface area (Å²) >= 11 is 0. The number of nitrogens with zero attached hydrogens (tertiary/aromatic N) is 4. The number of amides is 1. The molecule has 9 heteroatoms. The van der Waals surface area contributed by atoms with E-state index < -0.39 is 11.9 Å². The molecular weight excluding hydrogens is 468 g/mol. The van der Waals surface area contributed by atoms with E-state index in [0.717, 1.165) is 5.56 Å². The lowest BCUT2D eigenvalue weighted by Gasteiger charge is -2.18. The minimum atomic E-state index is -0.689. The molecule has 0 aliphatic heterocycles. The smallest absolute Gasteiger partial charge is 0.274 e. The normalized spacial score (nSPS) is 11.5. The molecule has 1 amide bonds. The van der Waals surface area contributed by atoms with Gasteiger partial charge in [0.1, 0.15) is 11.3 Å². The molecule has 0 aliphatic carbocycles. The quantitative estimate of drug-likeness (QED) is 0.369. The van der Waals surface area contributed by atoms with E-state index >= 15 is 0 Å². The monoisotopic (exact) mass is 490 g/mol. The Balaban J connectivity index is 1.65. The summed E-state index contributed by atoms with van der Waals surface area (Å²) in [5.74, 6) is 5.91. The van der Waals surface area contributed by atoms with Crippen molar-refractivity contribution in [2.24, 2.45) is 7.05 Å². The summed E-state index contributed by atoms with van der Waals surface area (Å²) in [6.07, 6.45) is 6.24. The maximum atomic E-state index is 14.0. The van der Waals surface area contributed by atoms with Crippen LogP contribution in [0.4, 0.5) is 5.82 Å². The van der Waals surface area contributed by atoms with E-state index in [2.05, 4.69) is 32.2 Å². The highest BCUT2D eigenvalue weighted by molar-refractivity contribution is 5.96. The van der Waals surface area contributed by atoms with Crippen LogP contribution in [0.15, 0.2) is 82.5 Å². The maximum Gasteiger partial charge on any atom is 0.274 e. The molecule has 0 fully saturated rings. The molecule has 9 nitrogen and oxygen atoms in total. The van der Waals surface area contributed by atoms with Gasteiger partial charge in [0.2, 0.25) is 5.43 Å². The number of nitrogens with one attached hydrogen (secondary N) is 1. The van der Waals surface area contributed by atoms with Crippen molar-refractivity contribution in [3.8, 4) is 23.0 Å². The third-order valence-electron chi connectivity index (χ3n) is 5.74. The van der Waals surface area contributed by atoms with Gasteiger partial charge < -0.3 is 15.5 Å². The van der Waals surface area contributed by atoms with E-state index in [1.165, 1.54) is 12.4 Å². The predicted octanol–water partition coefficient (Wildman–Crippen LogP) is 3.46. The molecule has 0 saturated heterocycles. The number of anilines is 1. The zero-order chi connectivity index (χ0) is 25.9. The lowest BCUT2D eigenvalue weighted by molar-refractivity contribution is 0.0931. The van der Waals surface area contributed by atoms with Gasteiger partial charge in [-0.05, 0) is 24.6 Å². The third-order valence-corrected chi connectivity index (χ3v) is 5.74. The topological polar surface area (TPSA) is 129 Å². The Morgan fingerprint density at radius 3 is 2.59 bits per heavy atom. The summed E-state index contributed by atoms with van der Waals surface area (Å²) < 4.78 is 7.95. The van der Waals surface area contributed by atoms with Gasteiger partial charge in [-0.25, -0.2) is 9.97 Å². The molecule has 1 unspecified atom stereocenters. The van der Waals surface area contributed by atoms with Crippen molar-refractivity contribution < 1.29 is 9.21 Å². The highest BCUT2D eigenvalue weighted by Gasteiger charge is 2.24. The summed E-state index contributed by atoms with van der Waals surface area (Å²) in [6, 6.07) is 13.7. The van der Waals surface area contributed by atoms with Crippen LogP contribution in [-0.4, -0.2) is 25.7 Å². The van der Waals surface area contributed by atoms with Crippen molar-refractivity contribution >= 4 is 22.7 Å². The minimum absolute atomic E-state index is 0.00674. The molecular formula is C28H22N6O3. The van der Waals surface area contributed by atoms with Crippen LogP contribution in [-0.2, 0) is 7.05 Å². The minimum Gasteiger partial charge on any atom is -0.458 e. The molecule has 3 aromatic heterocycles. The van der Waals surface area contributed by atoms with Crippen molar-refractivity contribution in [2.75, 3.05) is 5.73 Å². The molecule has 5 rings (SSSR count). The van der Waals surface area contributed by atoms with E-state index in [1.807, 2.05) is 37.4 Å². The van der Waals surface area contributed by atoms with Gasteiger partial charge >= 0.3 is 0 Å². The summed E-state index contributed by atoms with van der Waals surface area (Å²) in [7, 11) is 1.81. The Bertz CT molecular complexity index is 1750. The Kier molecular flexibility index (Phi) is 6.22. The van der Waals surface area contributed by atoms with E-state index in [4.69, 9.17) is 10.2 Å². The van der Waals surface area contributed by atoms with Crippen LogP contribution in [0.3, 0.4) is 0 Å². The van der Waals surface area contributed by atoms with Crippen molar-refractivity contribution in [2.45, 2.75) is 13.0 Å². The highest BCUT2D eigenvalue weighted by Crippen LogP contribution is 2.30. The molecule has 0 bridgehead atoms. The number of hydrogen-bond acceptors (Lipinski definition) is 7. The second-order valence-corrected chi connectivity index (χ2v) is 8.35. The molecule has 2 aromatic carbocycles. The average molecular weight is 491 g/mol. The first-order valence-electron chi connectivity index (χ1n) is 11.5. The van der Waals surface area contributed by atoms with Gasteiger partial charge in [-0.2, -0.15) is 5.10 Å².